The van der Waals surface area contributed by atoms with E-state index >= 15 is 0 Å². The molecule has 1 rings (SSSR count). The zero-order valence-electron chi connectivity index (χ0n) is 7.25. The highest BCUT2D eigenvalue weighted by Gasteiger charge is 2.41. The quantitative estimate of drug-likeness (QED) is 0.493. The molecule has 0 aromatic carbocycles. The van der Waals surface area contributed by atoms with Crippen LogP contribution in [0.15, 0.2) is 0 Å². The molecule has 0 radical (unpaired) electrons. The number of nitrogens with zero attached hydrogens (tertiary/aromatic N) is 1. The van der Waals surface area contributed by atoms with E-state index in [2.05, 4.69) is 4.89 Å². The van der Waals surface area contributed by atoms with E-state index in [0.717, 1.165) is 4.90 Å². The first kappa shape index (κ1) is 11.1. The molecule has 0 unspecified atom stereocenters. The molecule has 14 heavy (non-hydrogen) atoms. The highest BCUT2D eigenvalue weighted by molar-refractivity contribution is 5.66. The monoisotopic (exact) mass is 213 g/mol. The van der Waals surface area contributed by atoms with Crippen molar-refractivity contribution in [1.82, 2.24) is 4.90 Å². The zero-order chi connectivity index (χ0) is 10.8. The van der Waals surface area contributed by atoms with Crippen LogP contribution >= 0.6 is 0 Å². The maximum Gasteiger partial charge on any atom is 0.441 e. The highest BCUT2D eigenvalue weighted by Crippen LogP contribution is 2.34. The summed E-state index contributed by atoms with van der Waals surface area (Å²) < 4.78 is 36.5. The topological polar surface area (TPSA) is 49.8 Å². The standard InChI is InChI=1S/C7H10F3NO3/c8-7(9,10)5-1-3-11(4-2-5)6(12)14-13/h5,13H,1-4H2. The lowest BCUT2D eigenvalue weighted by Crippen LogP contribution is -2.42. The average Bonchev–Trinajstić information content (AvgIpc) is 2.15. The van der Waals surface area contributed by atoms with Gasteiger partial charge in [0, 0.05) is 13.1 Å². The molecular formula is C7H10F3NO3. The van der Waals surface area contributed by atoms with Gasteiger partial charge in [0.25, 0.3) is 0 Å². The summed E-state index contributed by atoms with van der Waals surface area (Å²) in [6.07, 6.45) is -5.47. The van der Waals surface area contributed by atoms with E-state index in [-0.39, 0.29) is 25.9 Å². The molecule has 1 aliphatic heterocycles. The number of halogens is 3. The molecule has 7 heteroatoms. The Morgan fingerprint density at radius 3 is 2.21 bits per heavy atom. The molecule has 0 aliphatic carbocycles. The molecule has 1 amide bonds. The van der Waals surface area contributed by atoms with Gasteiger partial charge in [0.15, 0.2) is 0 Å². The largest absolute Gasteiger partial charge is 0.441 e. The third-order valence-electron chi connectivity index (χ3n) is 2.29. The number of piperidine rings is 1. The second kappa shape index (κ2) is 4.04. The third-order valence-corrected chi connectivity index (χ3v) is 2.29. The van der Waals surface area contributed by atoms with E-state index < -0.39 is 18.2 Å². The lowest BCUT2D eigenvalue weighted by atomic mass is 9.97. The molecule has 1 saturated heterocycles. The van der Waals surface area contributed by atoms with Crippen LogP contribution in [0.2, 0.25) is 0 Å². The minimum Gasteiger partial charge on any atom is -0.306 e. The fourth-order valence-electron chi connectivity index (χ4n) is 1.45. The van der Waals surface area contributed by atoms with Crippen LogP contribution in [0.5, 0.6) is 0 Å². The summed E-state index contributed by atoms with van der Waals surface area (Å²) >= 11 is 0. The van der Waals surface area contributed by atoms with Crippen molar-refractivity contribution in [2.45, 2.75) is 19.0 Å². The Morgan fingerprint density at radius 2 is 1.86 bits per heavy atom. The molecule has 0 saturated carbocycles. The lowest BCUT2D eigenvalue weighted by Gasteiger charge is -2.31. The predicted molar refractivity (Wildman–Crippen MR) is 39.5 cm³/mol. The molecule has 0 aromatic rings. The van der Waals surface area contributed by atoms with Crippen molar-refractivity contribution in [3.8, 4) is 0 Å². The summed E-state index contributed by atoms with van der Waals surface area (Å²) in [4.78, 5) is 15.2. The Labute approximate surface area is 78.2 Å². The Kier molecular flexibility index (Phi) is 3.20. The van der Waals surface area contributed by atoms with E-state index in [0.29, 0.717) is 0 Å². The van der Waals surface area contributed by atoms with Gasteiger partial charge >= 0.3 is 12.3 Å². The summed E-state index contributed by atoms with van der Waals surface area (Å²) in [6, 6.07) is 0. The van der Waals surface area contributed by atoms with E-state index in [1.54, 1.807) is 0 Å². The molecule has 1 heterocycles. The predicted octanol–water partition coefficient (Wildman–Crippen LogP) is 1.87. The first-order valence-corrected chi connectivity index (χ1v) is 4.12. The van der Waals surface area contributed by atoms with Gasteiger partial charge in [0.2, 0.25) is 0 Å². The smallest absolute Gasteiger partial charge is 0.306 e. The summed E-state index contributed by atoms with van der Waals surface area (Å²) in [5, 5.41) is 8.00. The second-order valence-electron chi connectivity index (χ2n) is 3.16. The molecular weight excluding hydrogens is 203 g/mol. The van der Waals surface area contributed by atoms with E-state index in [1.165, 1.54) is 0 Å². The van der Waals surface area contributed by atoms with Gasteiger partial charge in [0.1, 0.15) is 0 Å². The summed E-state index contributed by atoms with van der Waals surface area (Å²) in [7, 11) is 0. The van der Waals surface area contributed by atoms with Gasteiger partial charge in [-0.15, -0.1) is 0 Å². The van der Waals surface area contributed by atoms with Crippen LogP contribution in [0, 0.1) is 5.92 Å². The normalized spacial score (nSPS) is 19.6. The maximum atomic E-state index is 12.2. The van der Waals surface area contributed by atoms with E-state index in [4.69, 9.17) is 5.26 Å². The second-order valence-corrected chi connectivity index (χ2v) is 3.16. The molecule has 1 aliphatic rings. The van der Waals surface area contributed by atoms with Gasteiger partial charge in [-0.3, -0.25) is 4.89 Å². The van der Waals surface area contributed by atoms with Crippen molar-refractivity contribution in [3.05, 3.63) is 0 Å². The van der Waals surface area contributed by atoms with Crippen molar-refractivity contribution >= 4 is 6.09 Å². The number of carbonyl (C=O) groups is 1. The minimum atomic E-state index is -4.20. The molecule has 0 atom stereocenters. The summed E-state index contributed by atoms with van der Waals surface area (Å²) in [6.45, 7) is -0.0762. The molecule has 0 bridgehead atoms. The zero-order valence-corrected chi connectivity index (χ0v) is 7.25. The SMILES string of the molecule is O=C(OO)N1CCC(C(F)(F)F)CC1. The van der Waals surface area contributed by atoms with Crippen molar-refractivity contribution in [2.75, 3.05) is 13.1 Å². The third kappa shape index (κ3) is 2.50. The number of rotatable bonds is 0. The Morgan fingerprint density at radius 1 is 1.36 bits per heavy atom. The molecule has 4 nitrogen and oxygen atoms in total. The highest BCUT2D eigenvalue weighted by atomic mass is 19.4. The molecule has 1 fully saturated rings. The van der Waals surface area contributed by atoms with Crippen LogP contribution in [0.1, 0.15) is 12.8 Å². The number of likely N-dealkylation sites (tertiary alicyclic amines) is 1. The Balaban J connectivity index is 2.43. The number of alkyl halides is 3. The van der Waals surface area contributed by atoms with Gasteiger partial charge in [-0.05, 0) is 12.8 Å². The lowest BCUT2D eigenvalue weighted by molar-refractivity contribution is -0.199. The van der Waals surface area contributed by atoms with Gasteiger partial charge < -0.3 is 4.90 Å². The Bertz CT molecular complexity index is 211. The van der Waals surface area contributed by atoms with E-state index in [9.17, 15) is 18.0 Å². The van der Waals surface area contributed by atoms with Gasteiger partial charge in [-0.1, -0.05) is 0 Å². The van der Waals surface area contributed by atoms with Crippen LogP contribution in [0.25, 0.3) is 0 Å². The number of hydrogen-bond donors (Lipinski definition) is 1. The maximum absolute atomic E-state index is 12.2. The first-order valence-electron chi connectivity index (χ1n) is 4.12. The van der Waals surface area contributed by atoms with Gasteiger partial charge in [-0.2, -0.15) is 18.4 Å². The first-order chi connectivity index (χ1) is 6.45. The van der Waals surface area contributed by atoms with Crippen LogP contribution in [0.3, 0.4) is 0 Å². The van der Waals surface area contributed by atoms with Gasteiger partial charge in [0.05, 0.1) is 5.92 Å². The van der Waals surface area contributed by atoms with Crippen molar-refractivity contribution in [3.63, 3.8) is 0 Å². The number of hydrogen-bond acceptors (Lipinski definition) is 3. The van der Waals surface area contributed by atoms with Gasteiger partial charge in [-0.25, -0.2) is 4.79 Å². The molecule has 82 valence electrons. The van der Waals surface area contributed by atoms with Crippen molar-refractivity contribution < 1.29 is 28.1 Å². The van der Waals surface area contributed by atoms with Crippen LogP contribution in [-0.2, 0) is 4.89 Å². The average molecular weight is 213 g/mol. The van der Waals surface area contributed by atoms with Crippen LogP contribution < -0.4 is 0 Å². The summed E-state index contributed by atoms with van der Waals surface area (Å²) in [5.74, 6) is -1.36. The molecule has 1 N–H and O–H groups in total. The number of amides is 1. The molecule has 0 spiro atoms. The fourth-order valence-corrected chi connectivity index (χ4v) is 1.45. The van der Waals surface area contributed by atoms with Crippen molar-refractivity contribution in [2.24, 2.45) is 5.92 Å². The Hall–Kier alpha value is -0.980. The van der Waals surface area contributed by atoms with Crippen molar-refractivity contribution in [1.29, 1.82) is 0 Å². The van der Waals surface area contributed by atoms with Crippen LogP contribution in [0.4, 0.5) is 18.0 Å². The minimum absolute atomic E-state index is 0.0381. The number of carbonyl (C=O) groups excluding carboxylic acids is 1. The van der Waals surface area contributed by atoms with Crippen LogP contribution in [-0.4, -0.2) is 35.5 Å². The fraction of sp³-hybridized carbons (Fsp3) is 0.857. The molecule has 0 aromatic heterocycles. The van der Waals surface area contributed by atoms with E-state index in [1.807, 2.05) is 0 Å². The summed E-state index contributed by atoms with van der Waals surface area (Å²) in [5.41, 5.74) is 0.